The third kappa shape index (κ3) is 4.94. The Morgan fingerprint density at radius 2 is 2.30 bits per heavy atom. The Hall–Kier alpha value is -1.60. The van der Waals surface area contributed by atoms with E-state index in [-0.39, 0.29) is 18.2 Å². The standard InChI is InChI=1S/C16H28N4O3/c1-12(14-6-7-18-19(14)5)17-10-13-11-22-9-8-20(13)15(21)23-16(2,3)4/h6-7,12-13,17H,8-11H2,1-5H3. The fraction of sp³-hybridized carbons (Fsp3) is 0.750. The molecule has 2 rings (SSSR count). The molecule has 1 aliphatic rings. The summed E-state index contributed by atoms with van der Waals surface area (Å²) in [4.78, 5) is 14.1. The zero-order valence-electron chi connectivity index (χ0n) is 14.7. The Kier molecular flexibility index (Phi) is 5.64. The fourth-order valence-electron chi connectivity index (χ4n) is 2.61. The number of hydrogen-bond donors (Lipinski definition) is 1. The molecule has 1 saturated heterocycles. The van der Waals surface area contributed by atoms with Crippen LogP contribution in [0.4, 0.5) is 4.79 Å². The number of nitrogens with one attached hydrogen (secondary N) is 1. The molecule has 0 saturated carbocycles. The van der Waals surface area contributed by atoms with Crippen molar-refractivity contribution in [3.63, 3.8) is 0 Å². The molecular weight excluding hydrogens is 296 g/mol. The number of morpholine rings is 1. The molecule has 0 radical (unpaired) electrons. The molecule has 23 heavy (non-hydrogen) atoms. The van der Waals surface area contributed by atoms with Crippen LogP contribution in [0.15, 0.2) is 12.3 Å². The second-order valence-electron chi connectivity index (χ2n) is 6.91. The van der Waals surface area contributed by atoms with Crippen LogP contribution in [0.1, 0.15) is 39.4 Å². The van der Waals surface area contributed by atoms with Gasteiger partial charge in [0.1, 0.15) is 5.60 Å². The molecule has 1 aromatic heterocycles. The summed E-state index contributed by atoms with van der Waals surface area (Å²) >= 11 is 0. The van der Waals surface area contributed by atoms with Gasteiger partial charge in [0.15, 0.2) is 0 Å². The van der Waals surface area contributed by atoms with Crippen molar-refractivity contribution in [3.05, 3.63) is 18.0 Å². The van der Waals surface area contributed by atoms with Crippen molar-refractivity contribution in [2.45, 2.75) is 45.4 Å². The predicted molar refractivity (Wildman–Crippen MR) is 87.2 cm³/mol. The molecule has 1 amide bonds. The smallest absolute Gasteiger partial charge is 0.410 e. The van der Waals surface area contributed by atoms with Crippen molar-refractivity contribution in [2.24, 2.45) is 7.05 Å². The molecule has 2 unspecified atom stereocenters. The van der Waals surface area contributed by atoms with E-state index in [0.717, 1.165) is 5.69 Å². The molecule has 1 fully saturated rings. The molecule has 1 aliphatic heterocycles. The second-order valence-corrected chi connectivity index (χ2v) is 6.91. The lowest BCUT2D eigenvalue weighted by molar-refractivity contribution is -0.0321. The Labute approximate surface area is 137 Å². The first kappa shape index (κ1) is 17.7. The Morgan fingerprint density at radius 3 is 2.91 bits per heavy atom. The third-order valence-electron chi connectivity index (χ3n) is 3.82. The van der Waals surface area contributed by atoms with Crippen LogP contribution >= 0.6 is 0 Å². The largest absolute Gasteiger partial charge is 0.444 e. The van der Waals surface area contributed by atoms with E-state index >= 15 is 0 Å². The number of rotatable bonds is 4. The Bertz CT molecular complexity index is 524. The summed E-state index contributed by atoms with van der Waals surface area (Å²) in [5.41, 5.74) is 0.612. The zero-order chi connectivity index (χ0) is 17.0. The highest BCUT2D eigenvalue weighted by atomic mass is 16.6. The minimum absolute atomic E-state index is 0.0331. The highest BCUT2D eigenvalue weighted by Gasteiger charge is 2.31. The van der Waals surface area contributed by atoms with Crippen LogP contribution in [0.2, 0.25) is 0 Å². The van der Waals surface area contributed by atoms with E-state index in [2.05, 4.69) is 17.3 Å². The van der Waals surface area contributed by atoms with Crippen molar-refractivity contribution < 1.29 is 14.3 Å². The number of amides is 1. The summed E-state index contributed by atoms with van der Waals surface area (Å²) in [6.45, 7) is 9.98. The van der Waals surface area contributed by atoms with Crippen molar-refractivity contribution in [1.82, 2.24) is 20.0 Å². The zero-order valence-corrected chi connectivity index (χ0v) is 14.7. The lowest BCUT2D eigenvalue weighted by atomic mass is 10.2. The van der Waals surface area contributed by atoms with Crippen LogP contribution in [-0.2, 0) is 16.5 Å². The lowest BCUT2D eigenvalue weighted by Gasteiger charge is -2.37. The first-order valence-corrected chi connectivity index (χ1v) is 8.06. The molecular formula is C16H28N4O3. The number of hydrogen-bond acceptors (Lipinski definition) is 5. The molecule has 1 aromatic rings. The molecule has 7 heteroatoms. The van der Waals surface area contributed by atoms with Crippen molar-refractivity contribution in [3.8, 4) is 0 Å². The first-order chi connectivity index (χ1) is 10.8. The van der Waals surface area contributed by atoms with Crippen LogP contribution in [0.5, 0.6) is 0 Å². The Morgan fingerprint density at radius 1 is 1.57 bits per heavy atom. The summed E-state index contributed by atoms with van der Waals surface area (Å²) in [5.74, 6) is 0. The van der Waals surface area contributed by atoms with Crippen LogP contribution < -0.4 is 5.32 Å². The molecule has 0 aromatic carbocycles. The lowest BCUT2D eigenvalue weighted by Crippen LogP contribution is -2.54. The van der Waals surface area contributed by atoms with E-state index in [1.165, 1.54) is 0 Å². The van der Waals surface area contributed by atoms with E-state index in [0.29, 0.717) is 26.3 Å². The average molecular weight is 324 g/mol. The van der Waals surface area contributed by atoms with Gasteiger partial charge in [0.05, 0.1) is 24.9 Å². The number of nitrogens with zero attached hydrogens (tertiary/aromatic N) is 3. The molecule has 2 atom stereocenters. The second kappa shape index (κ2) is 7.31. The maximum Gasteiger partial charge on any atom is 0.410 e. The minimum atomic E-state index is -0.491. The predicted octanol–water partition coefficient (Wildman–Crippen LogP) is 1.71. The van der Waals surface area contributed by atoms with Gasteiger partial charge in [-0.05, 0) is 33.8 Å². The number of carbonyl (C=O) groups excluding carboxylic acids is 1. The number of ether oxygens (including phenoxy) is 2. The number of carbonyl (C=O) groups is 1. The third-order valence-corrected chi connectivity index (χ3v) is 3.82. The molecule has 0 aliphatic carbocycles. The summed E-state index contributed by atoms with van der Waals surface area (Å²) < 4.78 is 12.9. The topological polar surface area (TPSA) is 68.6 Å². The maximum absolute atomic E-state index is 12.4. The van der Waals surface area contributed by atoms with Crippen LogP contribution in [0.25, 0.3) is 0 Å². The van der Waals surface area contributed by atoms with E-state index in [1.807, 2.05) is 38.6 Å². The highest BCUT2D eigenvalue weighted by molar-refractivity contribution is 5.68. The van der Waals surface area contributed by atoms with Crippen molar-refractivity contribution in [2.75, 3.05) is 26.3 Å². The highest BCUT2D eigenvalue weighted by Crippen LogP contribution is 2.16. The molecule has 2 heterocycles. The van der Waals surface area contributed by atoms with Gasteiger partial charge in [-0.3, -0.25) is 9.58 Å². The minimum Gasteiger partial charge on any atom is -0.444 e. The number of aryl methyl sites for hydroxylation is 1. The molecule has 7 nitrogen and oxygen atoms in total. The Balaban J connectivity index is 1.93. The van der Waals surface area contributed by atoms with Crippen LogP contribution in [0, 0.1) is 0 Å². The van der Waals surface area contributed by atoms with E-state index in [9.17, 15) is 4.79 Å². The average Bonchev–Trinajstić information content (AvgIpc) is 2.89. The quantitative estimate of drug-likeness (QED) is 0.913. The van der Waals surface area contributed by atoms with Gasteiger partial charge in [0, 0.05) is 32.4 Å². The van der Waals surface area contributed by atoms with Crippen molar-refractivity contribution >= 4 is 6.09 Å². The fourth-order valence-corrected chi connectivity index (χ4v) is 2.61. The molecule has 0 spiro atoms. The summed E-state index contributed by atoms with van der Waals surface area (Å²) in [5, 5.41) is 7.64. The van der Waals surface area contributed by atoms with Crippen LogP contribution in [0.3, 0.4) is 0 Å². The van der Waals surface area contributed by atoms with E-state index in [1.54, 1.807) is 11.1 Å². The maximum atomic E-state index is 12.4. The van der Waals surface area contributed by atoms with Gasteiger partial charge >= 0.3 is 6.09 Å². The van der Waals surface area contributed by atoms with Gasteiger partial charge in [-0.2, -0.15) is 5.10 Å². The van der Waals surface area contributed by atoms with E-state index < -0.39 is 5.60 Å². The summed E-state index contributed by atoms with van der Waals surface area (Å²) in [6.07, 6.45) is 1.50. The monoisotopic (exact) mass is 324 g/mol. The van der Waals surface area contributed by atoms with Gasteiger partial charge < -0.3 is 14.8 Å². The van der Waals surface area contributed by atoms with Gasteiger partial charge in [-0.15, -0.1) is 0 Å². The first-order valence-electron chi connectivity index (χ1n) is 8.06. The molecule has 130 valence electrons. The summed E-state index contributed by atoms with van der Waals surface area (Å²) in [7, 11) is 1.92. The number of aromatic nitrogens is 2. The normalized spacial score (nSPS) is 20.4. The van der Waals surface area contributed by atoms with Gasteiger partial charge in [-0.1, -0.05) is 0 Å². The van der Waals surface area contributed by atoms with Gasteiger partial charge in [-0.25, -0.2) is 4.79 Å². The van der Waals surface area contributed by atoms with Crippen LogP contribution in [-0.4, -0.2) is 58.7 Å². The summed E-state index contributed by atoms with van der Waals surface area (Å²) in [6, 6.07) is 2.10. The van der Waals surface area contributed by atoms with Gasteiger partial charge in [0.2, 0.25) is 0 Å². The van der Waals surface area contributed by atoms with Gasteiger partial charge in [0.25, 0.3) is 0 Å². The van der Waals surface area contributed by atoms with Crippen molar-refractivity contribution in [1.29, 1.82) is 0 Å². The van der Waals surface area contributed by atoms with E-state index in [4.69, 9.17) is 9.47 Å². The SMILES string of the molecule is CC(NCC1COCCN1C(=O)OC(C)(C)C)c1ccnn1C. The molecule has 1 N–H and O–H groups in total. The molecule has 0 bridgehead atoms.